The maximum atomic E-state index is 12.9. The van der Waals surface area contributed by atoms with E-state index in [1.54, 1.807) is 6.92 Å². The molecule has 0 aliphatic heterocycles. The zero-order chi connectivity index (χ0) is 16.1. The van der Waals surface area contributed by atoms with E-state index in [9.17, 15) is 19.4 Å². The largest absolute Gasteiger partial charge is 0.461 e. The third-order valence-electron chi connectivity index (χ3n) is 3.06. The van der Waals surface area contributed by atoms with Gasteiger partial charge in [0.2, 0.25) is 0 Å². The molecule has 2 N–H and O–H groups in total. The monoisotopic (exact) mass is 309 g/mol. The fourth-order valence-corrected chi connectivity index (χ4v) is 1.95. The van der Waals surface area contributed by atoms with Crippen LogP contribution in [0.2, 0.25) is 0 Å². The number of hydrogen-bond donors (Lipinski definition) is 2. The van der Waals surface area contributed by atoms with Crippen LogP contribution in [-0.4, -0.2) is 37.8 Å². The van der Waals surface area contributed by atoms with E-state index in [1.807, 2.05) is 0 Å². The Kier molecular flexibility index (Phi) is 5.18. The van der Waals surface area contributed by atoms with E-state index in [0.717, 1.165) is 0 Å². The number of aliphatic hydroxyl groups excluding tert-OH is 2. The highest BCUT2D eigenvalue weighted by molar-refractivity contribution is 5.88. The highest BCUT2D eigenvalue weighted by atomic mass is 19.1. The SMILES string of the molecule is CCOC(=O)c1nnn(C[C@@H](O)c2ccc(F)cc2)c1CO. The summed E-state index contributed by atoms with van der Waals surface area (Å²) in [6.45, 7) is 1.32. The first-order valence-corrected chi connectivity index (χ1v) is 6.70. The molecule has 0 unspecified atom stereocenters. The van der Waals surface area contributed by atoms with Gasteiger partial charge in [-0.2, -0.15) is 0 Å². The van der Waals surface area contributed by atoms with Crippen LogP contribution in [0, 0.1) is 5.82 Å². The zero-order valence-electron chi connectivity index (χ0n) is 11.9. The normalized spacial score (nSPS) is 12.2. The second-order valence-electron chi connectivity index (χ2n) is 4.51. The Morgan fingerprint density at radius 2 is 2.09 bits per heavy atom. The van der Waals surface area contributed by atoms with Gasteiger partial charge in [0.15, 0.2) is 5.69 Å². The van der Waals surface area contributed by atoms with Crippen LogP contribution in [0.1, 0.15) is 34.8 Å². The lowest BCUT2D eigenvalue weighted by Crippen LogP contribution is -2.15. The third-order valence-corrected chi connectivity index (χ3v) is 3.06. The Labute approximate surface area is 126 Å². The zero-order valence-corrected chi connectivity index (χ0v) is 11.9. The molecule has 118 valence electrons. The van der Waals surface area contributed by atoms with Crippen LogP contribution in [0.5, 0.6) is 0 Å². The number of esters is 1. The summed E-state index contributed by atoms with van der Waals surface area (Å²) in [6, 6.07) is 5.36. The van der Waals surface area contributed by atoms with Crippen molar-refractivity contribution < 1.29 is 24.1 Å². The Bertz CT molecular complexity index is 642. The molecule has 1 atom stereocenters. The van der Waals surface area contributed by atoms with Crippen molar-refractivity contribution in [2.45, 2.75) is 26.2 Å². The van der Waals surface area contributed by atoms with Gasteiger partial charge in [0.25, 0.3) is 0 Å². The van der Waals surface area contributed by atoms with Crippen LogP contribution in [0.25, 0.3) is 0 Å². The van der Waals surface area contributed by atoms with Crippen molar-refractivity contribution >= 4 is 5.97 Å². The van der Waals surface area contributed by atoms with E-state index in [1.165, 1.54) is 28.9 Å². The first-order chi connectivity index (χ1) is 10.6. The van der Waals surface area contributed by atoms with Crippen molar-refractivity contribution in [2.24, 2.45) is 0 Å². The molecule has 8 heteroatoms. The van der Waals surface area contributed by atoms with Crippen LogP contribution in [0.3, 0.4) is 0 Å². The van der Waals surface area contributed by atoms with Gasteiger partial charge < -0.3 is 14.9 Å². The van der Waals surface area contributed by atoms with Crippen LogP contribution < -0.4 is 0 Å². The lowest BCUT2D eigenvalue weighted by Gasteiger charge is -2.12. The second-order valence-corrected chi connectivity index (χ2v) is 4.51. The van der Waals surface area contributed by atoms with E-state index >= 15 is 0 Å². The number of ether oxygens (including phenoxy) is 1. The average molecular weight is 309 g/mol. The number of benzene rings is 1. The van der Waals surface area contributed by atoms with Crippen LogP contribution in [0.15, 0.2) is 24.3 Å². The van der Waals surface area contributed by atoms with Crippen LogP contribution >= 0.6 is 0 Å². The molecule has 0 aliphatic rings. The minimum atomic E-state index is -0.984. The van der Waals surface area contributed by atoms with Crippen molar-refractivity contribution in [2.75, 3.05) is 6.61 Å². The standard InChI is InChI=1S/C14H16FN3O4/c1-2-22-14(21)13-11(8-19)18(17-16-13)7-12(20)9-3-5-10(15)6-4-9/h3-6,12,19-20H,2,7-8H2,1H3/t12-/m1/s1. The molecule has 0 bridgehead atoms. The summed E-state index contributed by atoms with van der Waals surface area (Å²) >= 11 is 0. The lowest BCUT2D eigenvalue weighted by atomic mass is 10.1. The summed E-state index contributed by atoms with van der Waals surface area (Å²) in [5.41, 5.74) is 0.550. The molecule has 0 saturated heterocycles. The predicted molar refractivity (Wildman–Crippen MR) is 73.3 cm³/mol. The topological polar surface area (TPSA) is 97.5 Å². The fourth-order valence-electron chi connectivity index (χ4n) is 1.95. The molecule has 0 radical (unpaired) electrons. The van der Waals surface area contributed by atoms with Gasteiger partial charge in [0, 0.05) is 0 Å². The Hall–Kier alpha value is -2.32. The maximum Gasteiger partial charge on any atom is 0.360 e. The highest BCUT2D eigenvalue weighted by Gasteiger charge is 2.21. The average Bonchev–Trinajstić information content (AvgIpc) is 2.90. The molecule has 22 heavy (non-hydrogen) atoms. The van der Waals surface area contributed by atoms with Crippen molar-refractivity contribution in [3.63, 3.8) is 0 Å². The molecule has 0 aliphatic carbocycles. The fraction of sp³-hybridized carbons (Fsp3) is 0.357. The second kappa shape index (κ2) is 7.10. The molecule has 0 amide bonds. The van der Waals surface area contributed by atoms with Crippen molar-refractivity contribution in [1.82, 2.24) is 15.0 Å². The maximum absolute atomic E-state index is 12.9. The van der Waals surface area contributed by atoms with Crippen molar-refractivity contribution in [1.29, 1.82) is 0 Å². The summed E-state index contributed by atoms with van der Waals surface area (Å²) in [5.74, 6) is -1.09. The molecule has 1 heterocycles. The summed E-state index contributed by atoms with van der Waals surface area (Å²) in [4.78, 5) is 11.7. The Morgan fingerprint density at radius 3 is 2.68 bits per heavy atom. The van der Waals surface area contributed by atoms with Crippen LogP contribution in [-0.2, 0) is 17.9 Å². The minimum Gasteiger partial charge on any atom is -0.461 e. The van der Waals surface area contributed by atoms with Gasteiger partial charge in [0.05, 0.1) is 31.6 Å². The van der Waals surface area contributed by atoms with E-state index in [4.69, 9.17) is 4.74 Å². The molecule has 0 fully saturated rings. The van der Waals surface area contributed by atoms with Gasteiger partial charge in [-0.15, -0.1) is 5.10 Å². The van der Waals surface area contributed by atoms with Crippen molar-refractivity contribution in [3.8, 4) is 0 Å². The number of halogens is 1. The van der Waals surface area contributed by atoms with E-state index < -0.39 is 24.5 Å². The third kappa shape index (κ3) is 3.46. The number of hydrogen-bond acceptors (Lipinski definition) is 6. The number of aliphatic hydroxyl groups is 2. The molecule has 1 aromatic carbocycles. The van der Waals surface area contributed by atoms with Gasteiger partial charge in [-0.05, 0) is 24.6 Å². The number of rotatable bonds is 6. The molecule has 7 nitrogen and oxygen atoms in total. The first-order valence-electron chi connectivity index (χ1n) is 6.70. The molecular weight excluding hydrogens is 293 g/mol. The van der Waals surface area contributed by atoms with Gasteiger partial charge >= 0.3 is 5.97 Å². The summed E-state index contributed by atoms with van der Waals surface area (Å²) in [7, 11) is 0. The van der Waals surface area contributed by atoms with Gasteiger partial charge in [-0.25, -0.2) is 13.9 Å². The molecule has 1 aromatic heterocycles. The van der Waals surface area contributed by atoms with Crippen molar-refractivity contribution in [3.05, 3.63) is 47.0 Å². The molecular formula is C14H16FN3O4. The first kappa shape index (κ1) is 16.1. The summed E-state index contributed by atoms with van der Waals surface area (Å²) in [5, 5.41) is 26.9. The summed E-state index contributed by atoms with van der Waals surface area (Å²) < 4.78 is 18.9. The lowest BCUT2D eigenvalue weighted by molar-refractivity contribution is 0.0515. The predicted octanol–water partition coefficient (Wildman–Crippen LogP) is 0.820. The number of carbonyl (C=O) groups excluding carboxylic acids is 1. The highest BCUT2D eigenvalue weighted by Crippen LogP contribution is 2.17. The number of aromatic nitrogens is 3. The molecule has 2 rings (SSSR count). The Morgan fingerprint density at radius 1 is 1.41 bits per heavy atom. The number of carbonyl (C=O) groups is 1. The molecule has 2 aromatic rings. The smallest absolute Gasteiger partial charge is 0.360 e. The number of nitrogens with zero attached hydrogens (tertiary/aromatic N) is 3. The minimum absolute atomic E-state index is 0.0338. The Balaban J connectivity index is 2.19. The molecule has 0 spiro atoms. The summed E-state index contributed by atoms with van der Waals surface area (Å²) in [6.07, 6.45) is -0.984. The molecule has 0 saturated carbocycles. The van der Waals surface area contributed by atoms with E-state index in [0.29, 0.717) is 5.56 Å². The van der Waals surface area contributed by atoms with E-state index in [2.05, 4.69) is 10.3 Å². The van der Waals surface area contributed by atoms with Gasteiger partial charge in [-0.1, -0.05) is 17.3 Å². The van der Waals surface area contributed by atoms with Gasteiger partial charge in [-0.3, -0.25) is 0 Å². The van der Waals surface area contributed by atoms with E-state index in [-0.39, 0.29) is 24.5 Å². The van der Waals surface area contributed by atoms with Gasteiger partial charge in [0.1, 0.15) is 5.82 Å². The van der Waals surface area contributed by atoms with Crippen LogP contribution in [0.4, 0.5) is 4.39 Å². The quantitative estimate of drug-likeness (QED) is 0.767.